The fourth-order valence-corrected chi connectivity index (χ4v) is 4.05. The summed E-state index contributed by atoms with van der Waals surface area (Å²) in [5.74, 6) is -0.0759. The van der Waals surface area contributed by atoms with Gasteiger partial charge >= 0.3 is 0 Å². The van der Waals surface area contributed by atoms with Crippen LogP contribution in [0.2, 0.25) is 0 Å². The first-order valence-corrected chi connectivity index (χ1v) is 9.11. The topological polar surface area (TPSA) is 29.1 Å². The van der Waals surface area contributed by atoms with E-state index in [2.05, 4.69) is 22.8 Å². The molecule has 1 amide bonds. The molecule has 3 heterocycles. The second-order valence-corrected chi connectivity index (χ2v) is 7.10. The lowest BCUT2D eigenvalue weighted by molar-refractivity contribution is -0.116. The lowest BCUT2D eigenvalue weighted by Crippen LogP contribution is -2.26. The molecule has 0 aliphatic rings. The van der Waals surface area contributed by atoms with Gasteiger partial charge in [-0.2, -0.15) is 11.3 Å². The van der Waals surface area contributed by atoms with E-state index >= 15 is 0 Å². The lowest BCUT2D eigenvalue weighted by atomic mass is 10.1. The number of rotatable bonds is 5. The minimum absolute atomic E-state index is 0.0725. The number of carbonyl (C=O) groups excluding carboxylic acids is 1. The zero-order valence-electron chi connectivity index (χ0n) is 11.1. The van der Waals surface area contributed by atoms with Gasteiger partial charge < -0.3 is 5.32 Å². The van der Waals surface area contributed by atoms with Crippen molar-refractivity contribution in [1.29, 1.82) is 0 Å². The first-order valence-electron chi connectivity index (χ1n) is 6.40. The Kier molecular flexibility index (Phi) is 4.65. The van der Waals surface area contributed by atoms with E-state index in [1.165, 1.54) is 0 Å². The molecule has 0 unspecified atom stereocenters. The molecule has 1 N–H and O–H groups in total. The summed E-state index contributed by atoms with van der Waals surface area (Å²) in [6.07, 6.45) is 3.44. The molecule has 0 aromatic carbocycles. The van der Waals surface area contributed by atoms with Crippen molar-refractivity contribution in [2.24, 2.45) is 0 Å². The highest BCUT2D eigenvalue weighted by atomic mass is 32.1. The summed E-state index contributed by atoms with van der Waals surface area (Å²) < 4.78 is 0. The Balaban J connectivity index is 1.74. The van der Waals surface area contributed by atoms with Crippen molar-refractivity contribution >= 4 is 46.0 Å². The highest BCUT2D eigenvalue weighted by Crippen LogP contribution is 2.27. The van der Waals surface area contributed by atoms with E-state index in [4.69, 9.17) is 0 Å². The van der Waals surface area contributed by atoms with Gasteiger partial charge in [0.25, 0.3) is 0 Å². The van der Waals surface area contributed by atoms with Crippen molar-refractivity contribution in [3.05, 3.63) is 73.2 Å². The molecule has 0 aliphatic carbocycles. The van der Waals surface area contributed by atoms with Crippen molar-refractivity contribution in [2.45, 2.75) is 6.04 Å². The summed E-state index contributed by atoms with van der Waals surface area (Å²) in [5, 5.41) is 11.2. The van der Waals surface area contributed by atoms with Crippen molar-refractivity contribution in [2.75, 3.05) is 0 Å². The van der Waals surface area contributed by atoms with Crippen molar-refractivity contribution in [1.82, 2.24) is 5.32 Å². The van der Waals surface area contributed by atoms with Crippen LogP contribution in [0, 0.1) is 0 Å². The maximum absolute atomic E-state index is 12.2. The number of hydrogen-bond donors (Lipinski definition) is 1. The molecule has 1 atom stereocenters. The van der Waals surface area contributed by atoms with Crippen LogP contribution >= 0.6 is 34.0 Å². The Bertz CT molecular complexity index is 663. The number of carbonyl (C=O) groups is 1. The van der Waals surface area contributed by atoms with E-state index in [0.717, 1.165) is 15.3 Å². The van der Waals surface area contributed by atoms with Gasteiger partial charge in [-0.3, -0.25) is 4.79 Å². The molecule has 2 nitrogen and oxygen atoms in total. The van der Waals surface area contributed by atoms with Crippen LogP contribution in [0.1, 0.15) is 21.4 Å². The maximum Gasteiger partial charge on any atom is 0.244 e. The molecular formula is C16H13NOS3. The molecule has 106 valence electrons. The maximum atomic E-state index is 12.2. The molecule has 0 aliphatic heterocycles. The van der Waals surface area contributed by atoms with Crippen molar-refractivity contribution in [3.63, 3.8) is 0 Å². The Morgan fingerprint density at radius 2 is 1.95 bits per heavy atom. The van der Waals surface area contributed by atoms with E-state index in [1.807, 2.05) is 40.4 Å². The Hall–Kier alpha value is -1.69. The monoisotopic (exact) mass is 331 g/mol. The van der Waals surface area contributed by atoms with Crippen molar-refractivity contribution < 1.29 is 4.79 Å². The molecule has 3 aromatic rings. The zero-order valence-corrected chi connectivity index (χ0v) is 13.5. The predicted octanol–water partition coefficient (Wildman–Crippen LogP) is 4.79. The minimum Gasteiger partial charge on any atom is -0.341 e. The van der Waals surface area contributed by atoms with Gasteiger partial charge in [0.1, 0.15) is 0 Å². The third-order valence-corrected chi connectivity index (χ3v) is 5.41. The van der Waals surface area contributed by atoms with E-state index in [9.17, 15) is 4.79 Å². The molecule has 0 saturated carbocycles. The second kappa shape index (κ2) is 6.85. The average molecular weight is 331 g/mol. The van der Waals surface area contributed by atoms with Crippen molar-refractivity contribution in [3.8, 4) is 0 Å². The summed E-state index contributed by atoms with van der Waals surface area (Å²) in [6.45, 7) is 0. The largest absolute Gasteiger partial charge is 0.341 e. The number of hydrogen-bond acceptors (Lipinski definition) is 4. The van der Waals surface area contributed by atoms with Gasteiger partial charge in [0.15, 0.2) is 0 Å². The van der Waals surface area contributed by atoms with Crippen LogP contribution in [0.3, 0.4) is 0 Å². The predicted molar refractivity (Wildman–Crippen MR) is 92.0 cm³/mol. The molecule has 0 bridgehead atoms. The first-order chi connectivity index (χ1) is 10.3. The summed E-state index contributed by atoms with van der Waals surface area (Å²) in [6, 6.07) is 10.0. The smallest absolute Gasteiger partial charge is 0.244 e. The Morgan fingerprint density at radius 1 is 1.10 bits per heavy atom. The first kappa shape index (κ1) is 14.3. The van der Waals surface area contributed by atoms with Gasteiger partial charge in [-0.25, -0.2) is 0 Å². The highest BCUT2D eigenvalue weighted by Gasteiger charge is 2.17. The van der Waals surface area contributed by atoms with Crippen LogP contribution in [0.25, 0.3) is 6.08 Å². The quantitative estimate of drug-likeness (QED) is 0.669. The molecule has 21 heavy (non-hydrogen) atoms. The summed E-state index contributed by atoms with van der Waals surface area (Å²) in [7, 11) is 0. The van der Waals surface area contributed by atoms with E-state index in [0.29, 0.717) is 0 Å². The zero-order chi connectivity index (χ0) is 14.5. The number of nitrogens with one attached hydrogen (secondary N) is 1. The molecular weight excluding hydrogens is 318 g/mol. The third-order valence-electron chi connectivity index (χ3n) is 2.93. The second-order valence-electron chi connectivity index (χ2n) is 4.36. The molecule has 3 aromatic heterocycles. The van der Waals surface area contributed by atoms with Crippen LogP contribution < -0.4 is 5.32 Å². The third kappa shape index (κ3) is 3.69. The van der Waals surface area contributed by atoms with Gasteiger partial charge in [0, 0.05) is 15.8 Å². The van der Waals surface area contributed by atoms with Gasteiger partial charge in [-0.05, 0) is 51.4 Å². The fraction of sp³-hybridized carbons (Fsp3) is 0.0625. The number of amides is 1. The average Bonchev–Trinajstić information content (AvgIpc) is 3.26. The van der Waals surface area contributed by atoms with Gasteiger partial charge in [-0.15, -0.1) is 22.7 Å². The summed E-state index contributed by atoms with van der Waals surface area (Å²) >= 11 is 4.91. The molecule has 0 saturated heterocycles. The molecule has 0 radical (unpaired) electrons. The van der Waals surface area contributed by atoms with Crippen LogP contribution in [0.15, 0.2) is 57.9 Å². The minimum atomic E-state index is -0.0759. The van der Waals surface area contributed by atoms with Crippen LogP contribution in [-0.4, -0.2) is 5.91 Å². The standard InChI is InChI=1S/C16H13NOS3/c18-15(6-5-13-3-1-8-20-13)17-16(12-7-10-19-11-12)14-4-2-9-21-14/h1-11,16H,(H,17,18)/b6-5+/t16-/m1/s1. The van der Waals surface area contributed by atoms with Crippen LogP contribution in [0.5, 0.6) is 0 Å². The van der Waals surface area contributed by atoms with Gasteiger partial charge in [0.05, 0.1) is 6.04 Å². The number of thiophene rings is 3. The van der Waals surface area contributed by atoms with E-state index in [1.54, 1.807) is 40.1 Å². The van der Waals surface area contributed by atoms with E-state index < -0.39 is 0 Å². The fourth-order valence-electron chi connectivity index (χ4n) is 1.95. The lowest BCUT2D eigenvalue weighted by Gasteiger charge is -2.15. The Morgan fingerprint density at radius 3 is 2.62 bits per heavy atom. The molecule has 5 heteroatoms. The molecule has 3 rings (SSSR count). The highest BCUT2D eigenvalue weighted by molar-refractivity contribution is 7.11. The van der Waals surface area contributed by atoms with E-state index in [-0.39, 0.29) is 11.9 Å². The van der Waals surface area contributed by atoms with Gasteiger partial charge in [-0.1, -0.05) is 12.1 Å². The summed E-state index contributed by atoms with van der Waals surface area (Å²) in [5.41, 5.74) is 1.13. The summed E-state index contributed by atoms with van der Waals surface area (Å²) in [4.78, 5) is 14.4. The normalized spacial score (nSPS) is 12.6. The SMILES string of the molecule is O=C(/C=C/c1cccs1)N[C@H](c1ccsc1)c1cccs1. The molecule has 0 spiro atoms. The van der Waals surface area contributed by atoms with Crippen LogP contribution in [-0.2, 0) is 4.79 Å². The Labute approximate surface area is 135 Å². The van der Waals surface area contributed by atoms with Gasteiger partial charge in [0.2, 0.25) is 5.91 Å². The molecule has 0 fully saturated rings. The van der Waals surface area contributed by atoms with Crippen LogP contribution in [0.4, 0.5) is 0 Å².